The van der Waals surface area contributed by atoms with Crippen LogP contribution in [0.25, 0.3) is 0 Å². The smallest absolute Gasteiger partial charge is 0.320 e. The second kappa shape index (κ2) is 6.95. The molecule has 170 valence electrons. The summed E-state index contributed by atoms with van der Waals surface area (Å²) in [6.45, 7) is 7.08. The van der Waals surface area contributed by atoms with E-state index in [2.05, 4.69) is 5.32 Å². The van der Waals surface area contributed by atoms with Crippen LogP contribution in [0, 0.1) is 22.7 Å². The van der Waals surface area contributed by atoms with Crippen LogP contribution in [0.1, 0.15) is 40.5 Å². The van der Waals surface area contributed by atoms with Gasteiger partial charge in [-0.1, -0.05) is 27.7 Å². The van der Waals surface area contributed by atoms with Gasteiger partial charge in [-0.2, -0.15) is 0 Å². The van der Waals surface area contributed by atoms with E-state index in [0.29, 0.717) is 13.0 Å². The van der Waals surface area contributed by atoms with Gasteiger partial charge in [0.2, 0.25) is 0 Å². The van der Waals surface area contributed by atoms with E-state index in [1.807, 2.05) is 20.8 Å². The topological polar surface area (TPSA) is 149 Å². The number of ether oxygens (including phenoxy) is 2. The summed E-state index contributed by atoms with van der Waals surface area (Å²) >= 11 is 0. The number of carbonyl (C=O) groups is 2. The number of aliphatic hydroxyl groups excluding tert-OH is 3. The molecule has 9 nitrogen and oxygen atoms in total. The fourth-order valence-electron chi connectivity index (χ4n) is 6.59. The van der Waals surface area contributed by atoms with Gasteiger partial charge in [0.05, 0.1) is 30.8 Å². The number of nitrogens with one attached hydrogen (secondary N) is 1. The molecule has 1 spiro atoms. The Labute approximate surface area is 175 Å². The van der Waals surface area contributed by atoms with Gasteiger partial charge in [-0.15, -0.1) is 0 Å². The van der Waals surface area contributed by atoms with Crippen molar-refractivity contribution in [1.82, 2.24) is 5.32 Å². The highest BCUT2D eigenvalue weighted by molar-refractivity contribution is 5.88. The molecule has 2 aliphatic carbocycles. The van der Waals surface area contributed by atoms with E-state index in [9.17, 15) is 30.0 Å². The number of rotatable bonds is 6. The summed E-state index contributed by atoms with van der Waals surface area (Å²) < 4.78 is 12.1. The molecule has 10 atom stereocenters. The van der Waals surface area contributed by atoms with Crippen molar-refractivity contribution in [3.05, 3.63) is 0 Å². The second-order valence-electron chi connectivity index (χ2n) is 10.3. The minimum Gasteiger partial charge on any atom is -0.480 e. The Balaban J connectivity index is 1.79. The minimum atomic E-state index is -1.51. The standard InChI is InChI=1S/C21H33NO8/c1-9(2)5-11(18(27)28)22-13-10(3)14(25)15(26)20(7-23)17(13)30-16-12(24)6-19(20,4)21(16)8-29-21/h9-13,15-17,22-24,26H,5-8H2,1-4H3,(H,27,28)/t10?,11-,12+,13+,15+,16+,17+,19+,20-,21-/m0/s1. The molecule has 5 N–H and O–H groups in total. The van der Waals surface area contributed by atoms with Crippen molar-refractivity contribution in [2.24, 2.45) is 22.7 Å². The third kappa shape index (κ3) is 2.56. The second-order valence-corrected chi connectivity index (χ2v) is 10.3. The summed E-state index contributed by atoms with van der Waals surface area (Å²) in [6, 6.07) is -1.65. The normalized spacial score (nSPS) is 50.6. The summed E-state index contributed by atoms with van der Waals surface area (Å²) in [4.78, 5) is 25.0. The zero-order chi connectivity index (χ0) is 22.2. The Bertz CT molecular complexity index is 739. The van der Waals surface area contributed by atoms with Crippen LogP contribution in [0.3, 0.4) is 0 Å². The predicted molar refractivity (Wildman–Crippen MR) is 104 cm³/mol. The van der Waals surface area contributed by atoms with Crippen molar-refractivity contribution < 1.29 is 39.5 Å². The Morgan fingerprint density at radius 3 is 2.43 bits per heavy atom. The van der Waals surface area contributed by atoms with Crippen LogP contribution >= 0.6 is 0 Å². The fourth-order valence-corrected chi connectivity index (χ4v) is 6.59. The van der Waals surface area contributed by atoms with E-state index < -0.39 is 77.2 Å². The van der Waals surface area contributed by atoms with E-state index in [-0.39, 0.29) is 12.3 Å². The van der Waals surface area contributed by atoms with Gasteiger partial charge in [-0.25, -0.2) is 0 Å². The monoisotopic (exact) mass is 427 g/mol. The lowest BCUT2D eigenvalue weighted by Crippen LogP contribution is -2.78. The molecular formula is C21H33NO8. The molecule has 9 heteroatoms. The van der Waals surface area contributed by atoms with Crippen molar-refractivity contribution >= 4 is 11.8 Å². The fraction of sp³-hybridized carbons (Fsp3) is 0.905. The molecule has 4 fully saturated rings. The molecule has 0 aromatic heterocycles. The van der Waals surface area contributed by atoms with Gasteiger partial charge in [-0.3, -0.25) is 14.9 Å². The van der Waals surface area contributed by atoms with Gasteiger partial charge < -0.3 is 29.9 Å². The SMILES string of the molecule is CC(C)C[C@H](N[C@@H]1C(C)C(=O)[C@@H](O)[C@@]2(CO)[C@@H]1O[C@@H]1[C@H](O)C[C@@]2(C)[C@]12CO2)C(=O)O. The van der Waals surface area contributed by atoms with Gasteiger partial charge in [0.15, 0.2) is 5.78 Å². The van der Waals surface area contributed by atoms with Gasteiger partial charge >= 0.3 is 5.97 Å². The van der Waals surface area contributed by atoms with Crippen molar-refractivity contribution in [3.8, 4) is 0 Å². The maximum absolute atomic E-state index is 13.2. The number of hydrogen-bond acceptors (Lipinski definition) is 8. The van der Waals surface area contributed by atoms with Gasteiger partial charge in [0.1, 0.15) is 23.9 Å². The number of Topliss-reactive ketones (excluding diaryl/α,β-unsaturated/α-hetero) is 1. The molecule has 4 aliphatic rings. The summed E-state index contributed by atoms with van der Waals surface area (Å²) in [5.41, 5.74) is -3.19. The van der Waals surface area contributed by atoms with E-state index in [4.69, 9.17) is 9.47 Å². The highest BCUT2D eigenvalue weighted by atomic mass is 16.6. The molecule has 0 radical (unpaired) electrons. The number of carboxylic acids is 1. The molecule has 0 amide bonds. The Morgan fingerprint density at radius 1 is 1.30 bits per heavy atom. The molecule has 2 heterocycles. The molecule has 2 saturated carbocycles. The largest absolute Gasteiger partial charge is 0.480 e. The Hall–Kier alpha value is -1.10. The maximum Gasteiger partial charge on any atom is 0.320 e. The average molecular weight is 427 g/mol. The van der Waals surface area contributed by atoms with E-state index >= 15 is 0 Å². The Morgan fingerprint density at radius 2 is 1.93 bits per heavy atom. The molecule has 0 aromatic carbocycles. The number of hydrogen-bond donors (Lipinski definition) is 5. The Kier molecular flexibility index (Phi) is 5.12. The molecule has 30 heavy (non-hydrogen) atoms. The summed E-state index contributed by atoms with van der Waals surface area (Å²) in [5.74, 6) is -2.12. The zero-order valence-electron chi connectivity index (χ0n) is 17.9. The molecule has 2 bridgehead atoms. The zero-order valence-corrected chi connectivity index (χ0v) is 17.9. The predicted octanol–water partition coefficient (Wildman–Crippen LogP) is -0.690. The number of aliphatic hydroxyl groups is 3. The summed E-state index contributed by atoms with van der Waals surface area (Å²) in [5, 5.41) is 45.3. The van der Waals surface area contributed by atoms with Crippen LogP contribution in [0.2, 0.25) is 0 Å². The van der Waals surface area contributed by atoms with Gasteiger partial charge in [0.25, 0.3) is 0 Å². The van der Waals surface area contributed by atoms with Gasteiger partial charge in [-0.05, 0) is 18.8 Å². The molecule has 0 aromatic rings. The van der Waals surface area contributed by atoms with E-state index in [0.717, 1.165) is 0 Å². The quantitative estimate of drug-likeness (QED) is 0.347. The third-order valence-electron chi connectivity index (χ3n) is 8.38. The number of aliphatic carboxylic acids is 1. The maximum atomic E-state index is 13.2. The molecule has 2 saturated heterocycles. The van der Waals surface area contributed by atoms with Crippen LogP contribution in [0.15, 0.2) is 0 Å². The van der Waals surface area contributed by atoms with Crippen molar-refractivity contribution in [1.29, 1.82) is 0 Å². The highest BCUT2D eigenvalue weighted by Crippen LogP contribution is 2.71. The van der Waals surface area contributed by atoms with Crippen LogP contribution in [-0.2, 0) is 19.1 Å². The first kappa shape index (κ1) is 22.1. The van der Waals surface area contributed by atoms with Crippen LogP contribution in [0.5, 0.6) is 0 Å². The molecule has 2 aliphatic heterocycles. The van der Waals surface area contributed by atoms with Crippen LogP contribution in [-0.4, -0.2) is 87.5 Å². The highest BCUT2D eigenvalue weighted by Gasteiger charge is 2.84. The van der Waals surface area contributed by atoms with Crippen LogP contribution in [0.4, 0.5) is 0 Å². The first-order valence-electron chi connectivity index (χ1n) is 10.8. The number of epoxide rings is 1. The van der Waals surface area contributed by atoms with E-state index in [1.165, 1.54) is 0 Å². The lowest BCUT2D eigenvalue weighted by molar-refractivity contribution is -0.276. The van der Waals surface area contributed by atoms with Crippen molar-refractivity contribution in [2.45, 2.75) is 82.6 Å². The van der Waals surface area contributed by atoms with Crippen molar-refractivity contribution in [3.63, 3.8) is 0 Å². The lowest BCUT2D eigenvalue weighted by atomic mass is 9.48. The molecule has 4 rings (SSSR count). The van der Waals surface area contributed by atoms with E-state index in [1.54, 1.807) is 6.92 Å². The number of fused-ring (bicyclic) bond motifs is 2. The lowest BCUT2D eigenvalue weighted by Gasteiger charge is -2.62. The van der Waals surface area contributed by atoms with Crippen molar-refractivity contribution in [2.75, 3.05) is 13.2 Å². The number of carbonyl (C=O) groups excluding carboxylic acids is 1. The third-order valence-corrected chi connectivity index (χ3v) is 8.38. The van der Waals surface area contributed by atoms with Gasteiger partial charge in [0, 0.05) is 17.4 Å². The minimum absolute atomic E-state index is 0.104. The van der Waals surface area contributed by atoms with Crippen LogP contribution < -0.4 is 5.32 Å². The first-order valence-corrected chi connectivity index (χ1v) is 10.8. The first-order chi connectivity index (χ1) is 14.0. The molecular weight excluding hydrogens is 394 g/mol. The summed E-state index contributed by atoms with van der Waals surface area (Å²) in [7, 11) is 0. The average Bonchev–Trinajstić information content (AvgIpc) is 3.44. The number of carboxylic acid groups (broad SMARTS) is 1. The number of ketones is 1. The molecule has 1 unspecified atom stereocenters. The summed E-state index contributed by atoms with van der Waals surface area (Å²) in [6.07, 6.45) is -3.32.